The van der Waals surface area contributed by atoms with Crippen molar-refractivity contribution < 1.29 is 13.2 Å². The van der Waals surface area contributed by atoms with Crippen molar-refractivity contribution in [1.29, 1.82) is 0 Å². The van der Waals surface area contributed by atoms with Crippen LogP contribution < -0.4 is 15.8 Å². The zero-order valence-corrected chi connectivity index (χ0v) is 19.9. The third-order valence-corrected chi connectivity index (χ3v) is 5.99. The summed E-state index contributed by atoms with van der Waals surface area (Å²) in [5, 5.41) is 2.43. The molecule has 10 heteroatoms. The van der Waals surface area contributed by atoms with E-state index >= 15 is 0 Å². The van der Waals surface area contributed by atoms with Crippen LogP contribution in [0.2, 0.25) is 0 Å². The highest BCUT2D eigenvalue weighted by Gasteiger charge is 2.29. The second-order valence-corrected chi connectivity index (χ2v) is 11.1. The molecule has 2 heterocycles. The number of carbonyl (C=O) groups excluding carboxylic acids is 1. The van der Waals surface area contributed by atoms with Crippen molar-refractivity contribution in [3.63, 3.8) is 0 Å². The number of allylic oxidation sites excluding steroid dienone is 2. The molecule has 0 saturated heterocycles. The van der Waals surface area contributed by atoms with Crippen molar-refractivity contribution in [2.24, 2.45) is 10.7 Å². The van der Waals surface area contributed by atoms with E-state index in [1.54, 1.807) is 0 Å². The van der Waals surface area contributed by atoms with Gasteiger partial charge in [0.1, 0.15) is 4.91 Å². The van der Waals surface area contributed by atoms with Crippen LogP contribution in [-0.2, 0) is 20.9 Å². The number of nitrogens with zero attached hydrogens (tertiary/aromatic N) is 3. The molecule has 4 N–H and O–H groups in total. The molecule has 1 aromatic heterocycles. The Morgan fingerprint density at radius 2 is 1.68 bits per heavy atom. The van der Waals surface area contributed by atoms with Gasteiger partial charge < -0.3 is 5.73 Å². The van der Waals surface area contributed by atoms with Crippen molar-refractivity contribution in [1.82, 2.24) is 14.7 Å². The summed E-state index contributed by atoms with van der Waals surface area (Å²) < 4.78 is 27.5. The highest BCUT2D eigenvalue weighted by Crippen LogP contribution is 2.27. The average molecular weight is 449 g/mol. The SMILES string of the molecule is C=C1CCCN=C1/C(=C\N)S(=O)(=O)NC(=O)Nc1nc(C(C)(C)C)cc(C(C)(C)C)n1. The van der Waals surface area contributed by atoms with E-state index in [1.807, 2.05) is 52.3 Å². The van der Waals surface area contributed by atoms with E-state index in [0.717, 1.165) is 24.0 Å². The molecule has 170 valence electrons. The number of aliphatic imine (C=N–C) groups is 1. The Morgan fingerprint density at radius 1 is 1.13 bits per heavy atom. The molecule has 0 radical (unpaired) electrons. The van der Waals surface area contributed by atoms with Crippen molar-refractivity contribution in [3.8, 4) is 0 Å². The number of hydrogen-bond donors (Lipinski definition) is 3. The van der Waals surface area contributed by atoms with Crippen LogP contribution >= 0.6 is 0 Å². The Morgan fingerprint density at radius 3 is 2.13 bits per heavy atom. The smallest absolute Gasteiger partial charge is 0.335 e. The van der Waals surface area contributed by atoms with Gasteiger partial charge in [-0.1, -0.05) is 48.1 Å². The summed E-state index contributed by atoms with van der Waals surface area (Å²) in [6.07, 6.45) is 2.31. The van der Waals surface area contributed by atoms with Gasteiger partial charge in [-0.15, -0.1) is 0 Å². The molecule has 1 aromatic rings. The first kappa shape index (κ1) is 24.5. The molecule has 31 heavy (non-hydrogen) atoms. The molecule has 0 atom stereocenters. The van der Waals surface area contributed by atoms with Crippen LogP contribution in [0.4, 0.5) is 10.7 Å². The lowest BCUT2D eigenvalue weighted by Crippen LogP contribution is -2.38. The lowest BCUT2D eigenvalue weighted by Gasteiger charge is -2.24. The van der Waals surface area contributed by atoms with Crippen molar-refractivity contribution in [3.05, 3.63) is 40.7 Å². The lowest BCUT2D eigenvalue weighted by molar-refractivity contribution is 0.256. The second-order valence-electron chi connectivity index (χ2n) is 9.49. The van der Waals surface area contributed by atoms with Crippen LogP contribution in [0.3, 0.4) is 0 Å². The lowest BCUT2D eigenvalue weighted by atomic mass is 9.87. The fraction of sp³-hybridized carbons (Fsp3) is 0.524. The molecule has 0 fully saturated rings. The van der Waals surface area contributed by atoms with Gasteiger partial charge in [-0.2, -0.15) is 0 Å². The summed E-state index contributed by atoms with van der Waals surface area (Å²) in [5.41, 5.74) is 7.16. The van der Waals surface area contributed by atoms with Crippen LogP contribution in [0.25, 0.3) is 0 Å². The molecule has 0 spiro atoms. The molecular formula is C21H32N6O3S. The maximum atomic E-state index is 12.8. The number of urea groups is 1. The van der Waals surface area contributed by atoms with Crippen LogP contribution in [0.15, 0.2) is 34.3 Å². The molecule has 0 bridgehead atoms. The number of carbonyl (C=O) groups is 1. The van der Waals surface area contributed by atoms with Gasteiger partial charge in [0, 0.05) is 23.6 Å². The molecule has 0 saturated carbocycles. The topological polar surface area (TPSA) is 139 Å². The number of anilines is 1. The predicted octanol–water partition coefficient (Wildman–Crippen LogP) is 3.11. The summed E-state index contributed by atoms with van der Waals surface area (Å²) in [5.74, 6) is 0.0164. The number of aromatic nitrogens is 2. The molecule has 1 aliphatic heterocycles. The Labute approximate surface area is 184 Å². The summed E-state index contributed by atoms with van der Waals surface area (Å²) >= 11 is 0. The largest absolute Gasteiger partial charge is 0.403 e. The van der Waals surface area contributed by atoms with Gasteiger partial charge in [0.2, 0.25) is 5.95 Å². The number of rotatable bonds is 4. The van der Waals surface area contributed by atoms with Gasteiger partial charge in [0.05, 0.1) is 17.1 Å². The van der Waals surface area contributed by atoms with Crippen LogP contribution in [0.5, 0.6) is 0 Å². The summed E-state index contributed by atoms with van der Waals surface area (Å²) in [6.45, 7) is 16.3. The molecular weight excluding hydrogens is 416 g/mol. The minimum Gasteiger partial charge on any atom is -0.403 e. The van der Waals surface area contributed by atoms with E-state index in [4.69, 9.17) is 5.73 Å². The molecule has 0 unspecified atom stereocenters. The Bertz CT molecular complexity index is 1010. The minimum atomic E-state index is -4.27. The average Bonchev–Trinajstić information content (AvgIpc) is 2.61. The minimum absolute atomic E-state index is 0.0164. The zero-order chi connectivity index (χ0) is 23.6. The maximum absolute atomic E-state index is 12.8. The first-order valence-corrected chi connectivity index (χ1v) is 11.5. The molecule has 9 nitrogen and oxygen atoms in total. The Balaban J connectivity index is 2.31. The number of sulfonamides is 1. The first-order chi connectivity index (χ1) is 14.1. The van der Waals surface area contributed by atoms with E-state index in [-0.39, 0.29) is 27.4 Å². The predicted molar refractivity (Wildman–Crippen MR) is 123 cm³/mol. The van der Waals surface area contributed by atoms with Gasteiger partial charge in [-0.3, -0.25) is 10.3 Å². The molecule has 0 aliphatic carbocycles. The number of nitrogens with two attached hydrogens (primary N) is 1. The molecule has 2 rings (SSSR count). The zero-order valence-electron chi connectivity index (χ0n) is 19.0. The third kappa shape index (κ3) is 6.13. The van der Waals surface area contributed by atoms with E-state index in [1.165, 1.54) is 0 Å². The van der Waals surface area contributed by atoms with Crippen LogP contribution in [0.1, 0.15) is 65.8 Å². The summed E-state index contributed by atoms with van der Waals surface area (Å²) in [7, 11) is -4.27. The summed E-state index contributed by atoms with van der Waals surface area (Å²) in [4.78, 5) is 25.2. The van der Waals surface area contributed by atoms with Gasteiger partial charge >= 0.3 is 6.03 Å². The molecule has 2 amide bonds. The van der Waals surface area contributed by atoms with E-state index < -0.39 is 16.1 Å². The number of nitrogens with one attached hydrogen (secondary N) is 2. The fourth-order valence-electron chi connectivity index (χ4n) is 2.84. The van der Waals surface area contributed by atoms with Crippen LogP contribution in [-0.4, -0.2) is 36.7 Å². The molecule has 1 aliphatic rings. The van der Waals surface area contributed by atoms with Gasteiger partial charge in [-0.05, 0) is 24.5 Å². The van der Waals surface area contributed by atoms with Gasteiger partial charge in [0.15, 0.2) is 0 Å². The van der Waals surface area contributed by atoms with E-state index in [2.05, 4.69) is 26.9 Å². The third-order valence-electron chi connectivity index (χ3n) is 4.63. The second kappa shape index (κ2) is 8.78. The van der Waals surface area contributed by atoms with Crippen molar-refractivity contribution in [2.45, 2.75) is 65.2 Å². The highest BCUT2D eigenvalue weighted by molar-refractivity contribution is 7.95. The maximum Gasteiger partial charge on any atom is 0.335 e. The Kier molecular flexibility index (Phi) is 6.94. The fourth-order valence-corrected chi connectivity index (χ4v) is 3.88. The number of hydrogen-bond acceptors (Lipinski definition) is 7. The van der Waals surface area contributed by atoms with Gasteiger partial charge in [0.25, 0.3) is 10.0 Å². The van der Waals surface area contributed by atoms with E-state index in [0.29, 0.717) is 18.5 Å². The highest BCUT2D eigenvalue weighted by atomic mass is 32.2. The van der Waals surface area contributed by atoms with Crippen LogP contribution in [0, 0.1) is 0 Å². The standard InChI is InChI=1S/C21H32N6O3S/c1-13-9-8-10-23-17(13)14(12-22)31(29,30)27-19(28)26-18-24-15(20(2,3)4)11-16(25-18)21(5,6)7/h11-12H,1,8-10,22H2,2-7H3,(H2,24,25,26,27,28)/b14-12+. The first-order valence-electron chi connectivity index (χ1n) is 10.0. The number of amides is 2. The summed E-state index contributed by atoms with van der Waals surface area (Å²) in [6, 6.07) is 0.898. The van der Waals surface area contributed by atoms with Gasteiger partial charge in [-0.25, -0.2) is 27.9 Å². The molecule has 0 aromatic carbocycles. The normalized spacial score (nSPS) is 16.0. The van der Waals surface area contributed by atoms with Crippen molar-refractivity contribution in [2.75, 3.05) is 11.9 Å². The monoisotopic (exact) mass is 448 g/mol. The Hall–Kier alpha value is -2.75. The quantitative estimate of drug-likeness (QED) is 0.646. The van der Waals surface area contributed by atoms with Crippen molar-refractivity contribution >= 4 is 27.7 Å². The van der Waals surface area contributed by atoms with E-state index in [9.17, 15) is 13.2 Å².